The van der Waals surface area contributed by atoms with Gasteiger partial charge in [-0.15, -0.1) is 0 Å². The fraction of sp³-hybridized carbons (Fsp3) is 0.375. The molecule has 1 aliphatic rings. The number of amidine groups is 1. The van der Waals surface area contributed by atoms with Crippen LogP contribution in [0.2, 0.25) is 0 Å². The summed E-state index contributed by atoms with van der Waals surface area (Å²) >= 11 is 1.41. The number of benzene rings is 1. The highest BCUT2D eigenvalue weighted by atomic mass is 32.2. The zero-order chi connectivity index (χ0) is 25.9. The molecule has 36 heavy (non-hydrogen) atoms. The van der Waals surface area contributed by atoms with Crippen molar-refractivity contribution in [3.63, 3.8) is 0 Å². The molecule has 0 unspecified atom stereocenters. The van der Waals surface area contributed by atoms with Crippen LogP contribution >= 0.6 is 11.8 Å². The molecule has 0 aliphatic carbocycles. The summed E-state index contributed by atoms with van der Waals surface area (Å²) < 4.78 is 30.6. The van der Waals surface area contributed by atoms with Gasteiger partial charge in [0, 0.05) is 23.1 Å². The van der Waals surface area contributed by atoms with E-state index in [1.807, 2.05) is 13.8 Å². The molecule has 10 nitrogen and oxygen atoms in total. The highest BCUT2D eigenvalue weighted by Gasteiger charge is 2.43. The van der Waals surface area contributed by atoms with Crippen molar-refractivity contribution in [3.05, 3.63) is 65.5 Å². The fourth-order valence-corrected chi connectivity index (χ4v) is 5.56. The number of nitrogens with one attached hydrogen (secondary N) is 1. The maximum atomic E-state index is 15.0. The molecule has 3 heterocycles. The normalized spacial score (nSPS) is 21.6. The molecule has 0 saturated heterocycles. The van der Waals surface area contributed by atoms with E-state index in [1.54, 1.807) is 20.1 Å². The maximum Gasteiger partial charge on any atom is 0.276 e. The monoisotopic (exact) mass is 514 g/mol. The molecule has 0 fully saturated rings. The second kappa shape index (κ2) is 10.2. The number of carbonyl (C=O) groups excluding carboxylic acids is 1. The van der Waals surface area contributed by atoms with Gasteiger partial charge in [-0.05, 0) is 45.4 Å². The van der Waals surface area contributed by atoms with Crippen molar-refractivity contribution in [2.24, 2.45) is 10.7 Å². The van der Waals surface area contributed by atoms with Crippen molar-refractivity contribution in [2.45, 2.75) is 44.1 Å². The van der Waals surface area contributed by atoms with Gasteiger partial charge in [0.25, 0.3) is 5.91 Å². The van der Waals surface area contributed by atoms with Gasteiger partial charge in [-0.25, -0.2) is 19.3 Å². The van der Waals surface area contributed by atoms with Gasteiger partial charge < -0.3 is 24.9 Å². The van der Waals surface area contributed by atoms with Crippen molar-refractivity contribution >= 4 is 28.5 Å². The van der Waals surface area contributed by atoms with Crippen LogP contribution < -0.4 is 15.8 Å². The summed E-state index contributed by atoms with van der Waals surface area (Å²) in [6.07, 6.45) is 4.79. The number of nitrogens with zero attached hydrogens (tertiary/aromatic N) is 4. The highest BCUT2D eigenvalue weighted by molar-refractivity contribution is 8.15. The van der Waals surface area contributed by atoms with E-state index in [4.69, 9.17) is 19.6 Å². The topological polar surface area (TPSA) is 138 Å². The number of hydrogen-bond donors (Lipinski definition) is 2. The molecule has 1 aromatic carbocycles. The van der Waals surface area contributed by atoms with E-state index in [-0.39, 0.29) is 22.9 Å². The molecule has 3 N–H and O–H groups in total. The van der Waals surface area contributed by atoms with Crippen molar-refractivity contribution in [1.29, 1.82) is 0 Å². The predicted molar refractivity (Wildman–Crippen MR) is 133 cm³/mol. The minimum absolute atomic E-state index is 0.0821. The molecule has 2 aromatic heterocycles. The van der Waals surface area contributed by atoms with Crippen LogP contribution in [0.3, 0.4) is 0 Å². The zero-order valence-electron chi connectivity index (χ0n) is 20.4. The van der Waals surface area contributed by atoms with Crippen LogP contribution in [0.25, 0.3) is 0 Å². The van der Waals surface area contributed by atoms with Crippen LogP contribution in [-0.2, 0) is 16.9 Å². The summed E-state index contributed by atoms with van der Waals surface area (Å²) in [5.41, 5.74) is 6.36. The first-order valence-corrected chi connectivity index (χ1v) is 11.9. The smallest absolute Gasteiger partial charge is 0.276 e. The summed E-state index contributed by atoms with van der Waals surface area (Å²) in [7, 11) is 1.61. The highest BCUT2D eigenvalue weighted by Crippen LogP contribution is 2.46. The number of aromatic nitrogens is 3. The Balaban J connectivity index is 1.52. The molecule has 0 radical (unpaired) electrons. The molecular weight excluding hydrogens is 487 g/mol. The van der Waals surface area contributed by atoms with Crippen LogP contribution in [-0.4, -0.2) is 44.5 Å². The molecule has 1 amide bonds. The van der Waals surface area contributed by atoms with Crippen LogP contribution in [0.4, 0.5) is 10.1 Å². The lowest BCUT2D eigenvalue weighted by molar-refractivity contribution is 0.102. The predicted octanol–water partition coefficient (Wildman–Crippen LogP) is 3.82. The van der Waals surface area contributed by atoms with E-state index in [1.165, 1.54) is 42.6 Å². The zero-order valence-corrected chi connectivity index (χ0v) is 21.2. The van der Waals surface area contributed by atoms with Gasteiger partial charge in [0.1, 0.15) is 17.8 Å². The lowest BCUT2D eigenvalue weighted by Crippen LogP contribution is -2.43. The summed E-state index contributed by atoms with van der Waals surface area (Å²) in [4.78, 5) is 29.9. The third-order valence-corrected chi connectivity index (χ3v) is 6.70. The molecule has 0 saturated carbocycles. The van der Waals surface area contributed by atoms with Gasteiger partial charge >= 0.3 is 0 Å². The first-order chi connectivity index (χ1) is 17.1. The Morgan fingerprint density at radius 3 is 2.83 bits per heavy atom. The quantitative estimate of drug-likeness (QED) is 0.459. The van der Waals surface area contributed by atoms with E-state index >= 15 is 0 Å². The Morgan fingerprint density at radius 1 is 1.33 bits per heavy atom. The molecule has 190 valence electrons. The van der Waals surface area contributed by atoms with Gasteiger partial charge in [-0.1, -0.05) is 11.8 Å². The van der Waals surface area contributed by atoms with Crippen LogP contribution in [0, 0.1) is 12.7 Å². The Kier molecular flexibility index (Phi) is 7.27. The first-order valence-electron chi connectivity index (χ1n) is 11.1. The number of nitrogens with two attached hydrogens (primary N) is 1. The number of anilines is 1. The van der Waals surface area contributed by atoms with Gasteiger partial charge in [-0.3, -0.25) is 9.79 Å². The fourth-order valence-electron chi connectivity index (χ4n) is 4.28. The molecule has 12 heteroatoms. The standard InChI is InChI=1S/C24H27FN6O4S/c1-14-20(28-10-18(29-14)35-11-19-27-7-8-34-19)21(32)30-15-5-6-17(25)16(9-15)24(3)12-23(2,13-33-4)36-22(26)31-24/h5-10H,11-13H2,1-4H3,(H2,26,31)(H,30,32)/t23-,24+/m1/s1. The number of ether oxygens (including phenoxy) is 2. The number of aryl methyl sites for hydroxylation is 1. The van der Waals surface area contributed by atoms with Gasteiger partial charge in [0.05, 0.1) is 30.2 Å². The summed E-state index contributed by atoms with van der Waals surface area (Å²) in [6, 6.07) is 4.36. The maximum absolute atomic E-state index is 15.0. The molecule has 4 rings (SSSR count). The van der Waals surface area contributed by atoms with E-state index in [2.05, 4.69) is 25.3 Å². The number of amides is 1. The average Bonchev–Trinajstić information content (AvgIpc) is 3.31. The first kappa shape index (κ1) is 25.6. The Hall–Kier alpha value is -3.51. The lowest BCUT2D eigenvalue weighted by Gasteiger charge is -2.41. The molecule has 1 aliphatic heterocycles. The minimum Gasteiger partial charge on any atom is -0.467 e. The van der Waals surface area contributed by atoms with Crippen LogP contribution in [0.1, 0.15) is 47.9 Å². The number of halogens is 1. The van der Waals surface area contributed by atoms with Crippen molar-refractivity contribution in [1.82, 2.24) is 15.0 Å². The molecule has 0 spiro atoms. The number of oxazole rings is 1. The Morgan fingerprint density at radius 2 is 2.14 bits per heavy atom. The Labute approximate surface area is 211 Å². The minimum atomic E-state index is -0.939. The summed E-state index contributed by atoms with van der Waals surface area (Å²) in [5, 5.41) is 3.13. The SMILES string of the molecule is COC[C@@]1(C)C[C@@](C)(c2cc(NC(=O)c3ncc(OCc4ncco4)nc3C)ccc2F)N=C(N)S1. The number of aliphatic imine (C=N–C) groups is 1. The number of carbonyl (C=O) groups is 1. The largest absolute Gasteiger partial charge is 0.467 e. The van der Waals surface area contributed by atoms with Gasteiger partial charge in [0.15, 0.2) is 11.8 Å². The van der Waals surface area contributed by atoms with Crippen molar-refractivity contribution in [2.75, 3.05) is 19.0 Å². The third-order valence-electron chi connectivity index (χ3n) is 5.65. The Bertz CT molecular complexity index is 1290. The molecule has 0 bridgehead atoms. The number of methoxy groups -OCH3 is 1. The van der Waals surface area contributed by atoms with E-state index in [0.29, 0.717) is 41.0 Å². The molecule has 3 aromatic rings. The van der Waals surface area contributed by atoms with Crippen LogP contribution in [0.15, 0.2) is 46.3 Å². The third kappa shape index (κ3) is 5.65. The lowest BCUT2D eigenvalue weighted by atomic mass is 9.83. The van der Waals surface area contributed by atoms with E-state index in [0.717, 1.165) is 0 Å². The second-order valence-corrected chi connectivity index (χ2v) is 10.5. The second-order valence-electron chi connectivity index (χ2n) is 8.89. The van der Waals surface area contributed by atoms with Crippen molar-refractivity contribution < 1.29 is 23.1 Å². The number of rotatable bonds is 8. The molecule has 2 atom stereocenters. The summed E-state index contributed by atoms with van der Waals surface area (Å²) in [5.74, 6) is -0.318. The molecular formula is C24H27FN6O4S. The number of hydrogen-bond acceptors (Lipinski definition) is 10. The average molecular weight is 515 g/mol. The van der Waals surface area contributed by atoms with Gasteiger partial charge in [-0.2, -0.15) is 0 Å². The van der Waals surface area contributed by atoms with Gasteiger partial charge in [0.2, 0.25) is 11.8 Å². The number of thioether (sulfide) groups is 1. The van der Waals surface area contributed by atoms with Crippen molar-refractivity contribution in [3.8, 4) is 5.88 Å². The summed E-state index contributed by atoms with van der Waals surface area (Å²) in [6.45, 7) is 5.98. The van der Waals surface area contributed by atoms with E-state index < -0.39 is 17.3 Å². The van der Waals surface area contributed by atoms with Crippen LogP contribution in [0.5, 0.6) is 5.88 Å². The van der Waals surface area contributed by atoms with E-state index in [9.17, 15) is 9.18 Å².